The van der Waals surface area contributed by atoms with Gasteiger partial charge in [0.15, 0.2) is 5.65 Å². The molecule has 0 aromatic carbocycles. The van der Waals surface area contributed by atoms with Crippen LogP contribution in [0.25, 0.3) is 33.5 Å². The van der Waals surface area contributed by atoms with Gasteiger partial charge in [-0.1, -0.05) is 6.07 Å². The number of rotatable bonds is 3. The monoisotopic (exact) mass is 320 g/mol. The van der Waals surface area contributed by atoms with Crippen molar-refractivity contribution < 1.29 is 4.74 Å². The maximum atomic E-state index is 5.23. The Morgan fingerprint density at radius 2 is 2.04 bits per heavy atom. The second-order valence-corrected chi connectivity index (χ2v) is 5.57. The number of aromatic amines is 1. The molecule has 0 aliphatic rings. The van der Waals surface area contributed by atoms with E-state index in [9.17, 15) is 0 Å². The van der Waals surface area contributed by atoms with E-state index in [1.807, 2.05) is 44.4 Å². The highest BCUT2D eigenvalue weighted by molar-refractivity contribution is 5.96. The minimum atomic E-state index is 0.559. The van der Waals surface area contributed by atoms with Crippen LogP contribution < -0.4 is 4.74 Å². The van der Waals surface area contributed by atoms with Crippen LogP contribution in [0.5, 0.6) is 5.88 Å². The molecular weight excluding hydrogens is 304 g/mol. The first-order valence-corrected chi connectivity index (χ1v) is 7.52. The molecule has 0 spiro atoms. The van der Waals surface area contributed by atoms with Gasteiger partial charge in [0.25, 0.3) is 0 Å². The predicted octanol–water partition coefficient (Wildman–Crippen LogP) is 2.74. The Bertz CT molecular complexity index is 1030. The van der Waals surface area contributed by atoms with Gasteiger partial charge in [0.1, 0.15) is 5.69 Å². The fraction of sp³-hybridized carbons (Fsp3) is 0.176. The maximum Gasteiger partial charge on any atom is 0.213 e. The van der Waals surface area contributed by atoms with E-state index < -0.39 is 0 Å². The third-order valence-electron chi connectivity index (χ3n) is 3.85. The Balaban J connectivity index is 1.97. The first-order valence-electron chi connectivity index (χ1n) is 7.52. The van der Waals surface area contributed by atoms with Gasteiger partial charge in [-0.15, -0.1) is 0 Å². The summed E-state index contributed by atoms with van der Waals surface area (Å²) in [5, 5.41) is 12.6. The van der Waals surface area contributed by atoms with Crippen LogP contribution in [-0.4, -0.2) is 37.1 Å². The average molecular weight is 320 g/mol. The molecule has 0 saturated heterocycles. The topological polar surface area (TPSA) is 81.5 Å². The third-order valence-corrected chi connectivity index (χ3v) is 3.85. The van der Waals surface area contributed by atoms with Crippen molar-refractivity contribution >= 4 is 11.0 Å². The second-order valence-electron chi connectivity index (χ2n) is 5.57. The van der Waals surface area contributed by atoms with E-state index in [0.29, 0.717) is 5.88 Å². The highest BCUT2D eigenvalue weighted by atomic mass is 16.5. The van der Waals surface area contributed by atoms with E-state index in [2.05, 4.69) is 25.3 Å². The summed E-state index contributed by atoms with van der Waals surface area (Å²) in [6.45, 7) is 1.96. The lowest BCUT2D eigenvalue weighted by molar-refractivity contribution is 0.398. The van der Waals surface area contributed by atoms with Crippen molar-refractivity contribution in [2.75, 3.05) is 7.11 Å². The van der Waals surface area contributed by atoms with Gasteiger partial charge in [-0.25, -0.2) is 9.97 Å². The van der Waals surface area contributed by atoms with Crippen LogP contribution in [0.1, 0.15) is 5.69 Å². The maximum absolute atomic E-state index is 5.23. The summed E-state index contributed by atoms with van der Waals surface area (Å²) in [5.41, 5.74) is 5.24. The van der Waals surface area contributed by atoms with Crippen LogP contribution in [-0.2, 0) is 7.05 Å². The summed E-state index contributed by atoms with van der Waals surface area (Å²) in [5.74, 6) is 0.559. The van der Waals surface area contributed by atoms with E-state index in [0.717, 1.165) is 39.2 Å². The van der Waals surface area contributed by atoms with Crippen molar-refractivity contribution in [2.45, 2.75) is 6.92 Å². The van der Waals surface area contributed by atoms with E-state index >= 15 is 0 Å². The number of fused-ring (bicyclic) bond motifs is 1. The molecule has 4 rings (SSSR count). The van der Waals surface area contributed by atoms with Crippen molar-refractivity contribution in [3.63, 3.8) is 0 Å². The lowest BCUT2D eigenvalue weighted by atomic mass is 10.0. The molecular formula is C17H16N6O. The number of H-pyrrole nitrogens is 1. The molecule has 0 fully saturated rings. The van der Waals surface area contributed by atoms with Crippen molar-refractivity contribution in [3.05, 3.63) is 42.4 Å². The number of pyridine rings is 2. The molecule has 120 valence electrons. The lowest BCUT2D eigenvalue weighted by Crippen LogP contribution is -1.93. The summed E-state index contributed by atoms with van der Waals surface area (Å²) >= 11 is 0. The van der Waals surface area contributed by atoms with Gasteiger partial charge in [0.2, 0.25) is 5.88 Å². The summed E-state index contributed by atoms with van der Waals surface area (Å²) in [4.78, 5) is 8.99. The van der Waals surface area contributed by atoms with Gasteiger partial charge in [0.05, 0.1) is 19.0 Å². The van der Waals surface area contributed by atoms with Crippen LogP contribution in [0.2, 0.25) is 0 Å². The van der Waals surface area contributed by atoms with Gasteiger partial charge >= 0.3 is 0 Å². The lowest BCUT2D eigenvalue weighted by Gasteiger charge is -2.06. The standard InChI is InChI=1S/C17H16N6O/c1-10-7-11(12-8-18-21-17(12)19-10)13-9-23(2)22-16(13)14-5-4-6-15(20-14)24-3/h4-9H,1-3H3,(H,18,19,21). The number of nitrogens with zero attached hydrogens (tertiary/aromatic N) is 5. The molecule has 7 heteroatoms. The minimum Gasteiger partial charge on any atom is -0.481 e. The van der Waals surface area contributed by atoms with E-state index in [4.69, 9.17) is 4.74 Å². The third kappa shape index (κ3) is 2.30. The van der Waals surface area contributed by atoms with Crippen molar-refractivity contribution in [1.29, 1.82) is 0 Å². The molecule has 0 amide bonds. The largest absolute Gasteiger partial charge is 0.481 e. The number of hydrogen-bond donors (Lipinski definition) is 1. The van der Waals surface area contributed by atoms with Crippen LogP contribution in [0.15, 0.2) is 36.7 Å². The summed E-state index contributed by atoms with van der Waals surface area (Å²) in [7, 11) is 3.50. The zero-order valence-corrected chi connectivity index (χ0v) is 13.6. The number of methoxy groups -OCH3 is 1. The van der Waals surface area contributed by atoms with Gasteiger partial charge in [0, 0.05) is 36.0 Å². The molecule has 0 atom stereocenters. The normalized spacial score (nSPS) is 11.1. The molecule has 1 N–H and O–H groups in total. The Hall–Kier alpha value is -3.22. The Kier molecular flexibility index (Phi) is 3.26. The molecule has 4 aromatic heterocycles. The molecule has 0 saturated carbocycles. The first kappa shape index (κ1) is 14.4. The van der Waals surface area contributed by atoms with Crippen molar-refractivity contribution in [1.82, 2.24) is 29.9 Å². The number of aryl methyl sites for hydroxylation is 2. The van der Waals surface area contributed by atoms with Crippen LogP contribution >= 0.6 is 0 Å². The SMILES string of the molecule is COc1cccc(-c2nn(C)cc2-c2cc(C)nc3[nH]ncc23)n1. The van der Waals surface area contributed by atoms with Gasteiger partial charge in [-0.3, -0.25) is 9.78 Å². The van der Waals surface area contributed by atoms with E-state index in [1.54, 1.807) is 18.0 Å². The molecule has 4 aromatic rings. The number of hydrogen-bond acceptors (Lipinski definition) is 5. The highest BCUT2D eigenvalue weighted by Crippen LogP contribution is 2.34. The predicted molar refractivity (Wildman–Crippen MR) is 90.6 cm³/mol. The fourth-order valence-electron chi connectivity index (χ4n) is 2.81. The second kappa shape index (κ2) is 5.45. The number of aromatic nitrogens is 6. The van der Waals surface area contributed by atoms with Crippen molar-refractivity contribution in [3.8, 4) is 28.4 Å². The Labute approximate surface area is 138 Å². The molecule has 7 nitrogen and oxygen atoms in total. The van der Waals surface area contributed by atoms with Gasteiger partial charge in [-0.05, 0) is 24.6 Å². The minimum absolute atomic E-state index is 0.559. The summed E-state index contributed by atoms with van der Waals surface area (Å²) in [6.07, 6.45) is 3.77. The van der Waals surface area contributed by atoms with E-state index in [1.165, 1.54) is 0 Å². The average Bonchev–Trinajstić information content (AvgIpc) is 3.20. The zero-order chi connectivity index (χ0) is 16.7. The number of nitrogens with one attached hydrogen (secondary N) is 1. The number of ether oxygens (including phenoxy) is 1. The fourth-order valence-corrected chi connectivity index (χ4v) is 2.81. The van der Waals surface area contributed by atoms with Gasteiger partial charge < -0.3 is 4.74 Å². The van der Waals surface area contributed by atoms with Gasteiger partial charge in [-0.2, -0.15) is 10.2 Å². The molecule has 0 aliphatic heterocycles. The highest BCUT2D eigenvalue weighted by Gasteiger charge is 2.17. The van der Waals surface area contributed by atoms with E-state index in [-0.39, 0.29) is 0 Å². The summed E-state index contributed by atoms with van der Waals surface area (Å²) in [6, 6.07) is 7.69. The molecule has 0 unspecified atom stereocenters. The molecule has 4 heterocycles. The molecule has 0 radical (unpaired) electrons. The Morgan fingerprint density at radius 1 is 1.17 bits per heavy atom. The Morgan fingerprint density at radius 3 is 2.88 bits per heavy atom. The first-order chi connectivity index (χ1) is 11.7. The zero-order valence-electron chi connectivity index (χ0n) is 13.6. The quantitative estimate of drug-likeness (QED) is 0.627. The molecule has 0 bridgehead atoms. The smallest absolute Gasteiger partial charge is 0.213 e. The molecule has 24 heavy (non-hydrogen) atoms. The van der Waals surface area contributed by atoms with Crippen LogP contribution in [0, 0.1) is 6.92 Å². The van der Waals surface area contributed by atoms with Crippen molar-refractivity contribution in [2.24, 2.45) is 7.05 Å². The summed E-state index contributed by atoms with van der Waals surface area (Å²) < 4.78 is 7.02. The van der Waals surface area contributed by atoms with Crippen LogP contribution in [0.4, 0.5) is 0 Å². The molecule has 0 aliphatic carbocycles. The van der Waals surface area contributed by atoms with Crippen LogP contribution in [0.3, 0.4) is 0 Å².